The first-order valence-electron chi connectivity index (χ1n) is 8.02. The Labute approximate surface area is 129 Å². The number of hydrogen-bond acceptors (Lipinski definition) is 4. The lowest BCUT2D eigenvalue weighted by atomic mass is 10.2. The predicted molar refractivity (Wildman–Crippen MR) is 87.9 cm³/mol. The van der Waals surface area contributed by atoms with Gasteiger partial charge in [0, 0.05) is 26.2 Å². The van der Waals surface area contributed by atoms with Crippen molar-refractivity contribution in [3.05, 3.63) is 29.8 Å². The van der Waals surface area contributed by atoms with Gasteiger partial charge < -0.3 is 19.7 Å². The lowest BCUT2D eigenvalue weighted by Gasteiger charge is -2.18. The van der Waals surface area contributed by atoms with Crippen LogP contribution in [0, 0.1) is 0 Å². The van der Waals surface area contributed by atoms with Gasteiger partial charge in [-0.25, -0.2) is 0 Å². The largest absolute Gasteiger partial charge is 0.491 e. The molecule has 0 aliphatic rings. The molecule has 0 atom stereocenters. The lowest BCUT2D eigenvalue weighted by molar-refractivity contribution is 0.110. The molecule has 0 radical (unpaired) electrons. The van der Waals surface area contributed by atoms with Crippen molar-refractivity contribution in [2.24, 2.45) is 0 Å². The zero-order valence-electron chi connectivity index (χ0n) is 13.7. The molecular weight excluding hydrogens is 264 g/mol. The van der Waals surface area contributed by atoms with E-state index in [1.54, 1.807) is 0 Å². The first kappa shape index (κ1) is 18.0. The first-order valence-corrected chi connectivity index (χ1v) is 8.02. The van der Waals surface area contributed by atoms with Gasteiger partial charge in [0.25, 0.3) is 0 Å². The molecule has 0 saturated heterocycles. The maximum absolute atomic E-state index is 5.67. The molecule has 0 aliphatic carbocycles. The van der Waals surface area contributed by atoms with E-state index in [9.17, 15) is 0 Å². The molecule has 0 heterocycles. The molecule has 21 heavy (non-hydrogen) atoms. The summed E-state index contributed by atoms with van der Waals surface area (Å²) in [6.45, 7) is 13.6. The van der Waals surface area contributed by atoms with Crippen molar-refractivity contribution < 1.29 is 9.47 Å². The first-order chi connectivity index (χ1) is 10.3. The third-order valence-corrected chi connectivity index (χ3v) is 3.43. The number of nitrogens with one attached hydrogen (secondary N) is 1. The Kier molecular flexibility index (Phi) is 9.87. The number of likely N-dealkylation sites (N-methyl/N-ethyl adjacent to an activating group) is 1. The van der Waals surface area contributed by atoms with Crippen molar-refractivity contribution in [2.75, 3.05) is 46.0 Å². The van der Waals surface area contributed by atoms with Gasteiger partial charge in [0.1, 0.15) is 12.4 Å². The summed E-state index contributed by atoms with van der Waals surface area (Å²) in [5.74, 6) is 0.915. The molecule has 4 heteroatoms. The van der Waals surface area contributed by atoms with Gasteiger partial charge in [-0.05, 0) is 37.7 Å². The molecule has 0 aliphatic heterocycles. The zero-order valence-corrected chi connectivity index (χ0v) is 13.7. The number of benzene rings is 1. The molecule has 0 bridgehead atoms. The maximum Gasteiger partial charge on any atom is 0.119 e. The fourth-order valence-corrected chi connectivity index (χ4v) is 2.12. The lowest BCUT2D eigenvalue weighted by Crippen LogP contribution is -2.31. The Morgan fingerprint density at radius 1 is 1.10 bits per heavy atom. The minimum atomic E-state index is 0.604. The van der Waals surface area contributed by atoms with Crippen molar-refractivity contribution in [1.29, 1.82) is 0 Å². The Morgan fingerprint density at radius 3 is 2.62 bits per heavy atom. The van der Waals surface area contributed by atoms with Crippen LogP contribution in [0.3, 0.4) is 0 Å². The molecule has 0 saturated carbocycles. The van der Waals surface area contributed by atoms with Crippen LogP contribution in [0.1, 0.15) is 26.3 Å². The summed E-state index contributed by atoms with van der Waals surface area (Å²) < 4.78 is 10.9. The van der Waals surface area contributed by atoms with Gasteiger partial charge in [0.15, 0.2) is 0 Å². The Balaban J connectivity index is 2.25. The van der Waals surface area contributed by atoms with Crippen molar-refractivity contribution in [3.63, 3.8) is 0 Å². The standard InChI is InChI=1S/C17H30N2O2/c1-4-19(5-2)11-10-18-15-16-8-7-9-17(14-16)21-13-12-20-6-3/h7-9,14,18H,4-6,10-13,15H2,1-3H3. The predicted octanol–water partition coefficient (Wildman–Crippen LogP) is 2.53. The summed E-state index contributed by atoms with van der Waals surface area (Å²) in [4.78, 5) is 2.42. The second-order valence-electron chi connectivity index (χ2n) is 4.90. The summed E-state index contributed by atoms with van der Waals surface area (Å²) >= 11 is 0. The van der Waals surface area contributed by atoms with E-state index in [0.29, 0.717) is 13.2 Å². The van der Waals surface area contributed by atoms with Gasteiger partial charge in [-0.2, -0.15) is 0 Å². The maximum atomic E-state index is 5.67. The van der Waals surface area contributed by atoms with Crippen LogP contribution in [0.25, 0.3) is 0 Å². The van der Waals surface area contributed by atoms with Gasteiger partial charge >= 0.3 is 0 Å². The molecule has 120 valence electrons. The molecular formula is C17H30N2O2. The van der Waals surface area contributed by atoms with Crippen LogP contribution in [-0.4, -0.2) is 50.9 Å². The van der Waals surface area contributed by atoms with E-state index in [1.165, 1.54) is 5.56 Å². The quantitative estimate of drug-likeness (QED) is 0.601. The highest BCUT2D eigenvalue weighted by Crippen LogP contribution is 2.13. The van der Waals surface area contributed by atoms with Crippen molar-refractivity contribution in [3.8, 4) is 5.75 Å². The number of nitrogens with zero attached hydrogens (tertiary/aromatic N) is 1. The number of rotatable bonds is 12. The zero-order chi connectivity index (χ0) is 15.3. The van der Waals surface area contributed by atoms with E-state index in [0.717, 1.165) is 45.1 Å². The van der Waals surface area contributed by atoms with E-state index in [2.05, 4.69) is 36.2 Å². The van der Waals surface area contributed by atoms with E-state index in [1.807, 2.05) is 19.1 Å². The minimum Gasteiger partial charge on any atom is -0.491 e. The smallest absolute Gasteiger partial charge is 0.119 e. The van der Waals surface area contributed by atoms with Gasteiger partial charge in [0.05, 0.1) is 6.61 Å². The molecule has 1 N–H and O–H groups in total. The number of ether oxygens (including phenoxy) is 2. The summed E-state index contributed by atoms with van der Waals surface area (Å²) in [5.41, 5.74) is 1.25. The molecule has 0 unspecified atom stereocenters. The van der Waals surface area contributed by atoms with Gasteiger partial charge in [-0.15, -0.1) is 0 Å². The van der Waals surface area contributed by atoms with E-state index < -0.39 is 0 Å². The van der Waals surface area contributed by atoms with E-state index in [-0.39, 0.29) is 0 Å². The topological polar surface area (TPSA) is 33.7 Å². The molecule has 1 aromatic carbocycles. The fourth-order valence-electron chi connectivity index (χ4n) is 2.12. The average Bonchev–Trinajstić information content (AvgIpc) is 2.52. The van der Waals surface area contributed by atoms with Crippen LogP contribution in [0.5, 0.6) is 5.75 Å². The Morgan fingerprint density at radius 2 is 1.90 bits per heavy atom. The van der Waals surface area contributed by atoms with Crippen LogP contribution >= 0.6 is 0 Å². The Hall–Kier alpha value is -1.10. The molecule has 0 fully saturated rings. The van der Waals surface area contributed by atoms with Gasteiger partial charge in [-0.3, -0.25) is 0 Å². The third-order valence-electron chi connectivity index (χ3n) is 3.43. The summed E-state index contributed by atoms with van der Waals surface area (Å²) in [5, 5.41) is 3.48. The van der Waals surface area contributed by atoms with Gasteiger partial charge in [-0.1, -0.05) is 26.0 Å². The average molecular weight is 294 g/mol. The fraction of sp³-hybridized carbons (Fsp3) is 0.647. The molecule has 4 nitrogen and oxygen atoms in total. The summed E-state index contributed by atoms with van der Waals surface area (Å²) in [6, 6.07) is 8.25. The van der Waals surface area contributed by atoms with Crippen LogP contribution < -0.4 is 10.1 Å². The van der Waals surface area contributed by atoms with E-state index >= 15 is 0 Å². The van der Waals surface area contributed by atoms with Crippen LogP contribution in [0.4, 0.5) is 0 Å². The Bertz CT molecular complexity index is 368. The SMILES string of the molecule is CCOCCOc1cccc(CNCCN(CC)CC)c1. The van der Waals surface area contributed by atoms with Crippen LogP contribution in [0.15, 0.2) is 24.3 Å². The molecule has 1 aromatic rings. The third kappa shape index (κ3) is 8.05. The van der Waals surface area contributed by atoms with Crippen molar-refractivity contribution in [2.45, 2.75) is 27.3 Å². The van der Waals surface area contributed by atoms with Crippen molar-refractivity contribution in [1.82, 2.24) is 10.2 Å². The van der Waals surface area contributed by atoms with Gasteiger partial charge in [0.2, 0.25) is 0 Å². The van der Waals surface area contributed by atoms with Crippen LogP contribution in [-0.2, 0) is 11.3 Å². The molecule has 0 aromatic heterocycles. The normalized spacial score (nSPS) is 11.0. The highest BCUT2D eigenvalue weighted by molar-refractivity contribution is 5.28. The van der Waals surface area contributed by atoms with Crippen molar-refractivity contribution >= 4 is 0 Å². The second kappa shape index (κ2) is 11.5. The minimum absolute atomic E-state index is 0.604. The second-order valence-corrected chi connectivity index (χ2v) is 4.90. The molecule has 0 amide bonds. The molecule has 1 rings (SSSR count). The van der Waals surface area contributed by atoms with E-state index in [4.69, 9.17) is 9.47 Å². The monoisotopic (exact) mass is 294 g/mol. The van der Waals surface area contributed by atoms with Crippen LogP contribution in [0.2, 0.25) is 0 Å². The highest BCUT2D eigenvalue weighted by Gasteiger charge is 2.00. The molecule has 0 spiro atoms. The number of hydrogen-bond donors (Lipinski definition) is 1. The summed E-state index contributed by atoms with van der Waals surface area (Å²) in [7, 11) is 0. The highest BCUT2D eigenvalue weighted by atomic mass is 16.5. The summed E-state index contributed by atoms with van der Waals surface area (Å²) in [6.07, 6.45) is 0.